The van der Waals surface area contributed by atoms with E-state index < -0.39 is 0 Å². The van der Waals surface area contributed by atoms with Crippen LogP contribution < -0.4 is 5.32 Å². The van der Waals surface area contributed by atoms with Crippen LogP contribution in [0.1, 0.15) is 12.5 Å². The van der Waals surface area contributed by atoms with Crippen molar-refractivity contribution in [3.8, 4) is 0 Å². The van der Waals surface area contributed by atoms with E-state index in [0.29, 0.717) is 16.5 Å². The maximum Gasteiger partial charge on any atom is 0.204 e. The molecule has 114 valence electrons. The molecule has 0 amide bonds. The van der Waals surface area contributed by atoms with Crippen LogP contribution >= 0.6 is 11.6 Å². The predicted molar refractivity (Wildman–Crippen MR) is 92.4 cm³/mol. The Morgan fingerprint density at radius 2 is 1.96 bits per heavy atom. The lowest BCUT2D eigenvalue weighted by atomic mass is 10.1. The van der Waals surface area contributed by atoms with Crippen molar-refractivity contribution in [2.75, 3.05) is 5.32 Å². The first kappa shape index (κ1) is 14.0. The fraction of sp³-hybridized carbons (Fsp3) is 0.118. The van der Waals surface area contributed by atoms with Crippen LogP contribution in [0.15, 0.2) is 48.8 Å². The topological polar surface area (TPSA) is 55.1 Å². The van der Waals surface area contributed by atoms with Crippen molar-refractivity contribution >= 4 is 39.8 Å². The molecule has 0 atom stereocenters. The van der Waals surface area contributed by atoms with E-state index in [0.717, 1.165) is 23.1 Å². The zero-order valence-corrected chi connectivity index (χ0v) is 13.2. The molecule has 4 rings (SSSR count). The summed E-state index contributed by atoms with van der Waals surface area (Å²) in [6, 6.07) is 13.9. The molecule has 0 bridgehead atoms. The van der Waals surface area contributed by atoms with Crippen LogP contribution in [0.5, 0.6) is 0 Å². The fourth-order valence-corrected chi connectivity index (χ4v) is 2.74. The van der Waals surface area contributed by atoms with Gasteiger partial charge in [0.15, 0.2) is 5.82 Å². The van der Waals surface area contributed by atoms with Crippen LogP contribution in [0.25, 0.3) is 16.7 Å². The molecule has 0 unspecified atom stereocenters. The van der Waals surface area contributed by atoms with Gasteiger partial charge in [-0.2, -0.15) is 0 Å². The number of nitrogens with zero attached hydrogens (tertiary/aromatic N) is 4. The lowest BCUT2D eigenvalue weighted by Gasteiger charge is -2.09. The summed E-state index contributed by atoms with van der Waals surface area (Å²) in [4.78, 5) is 4.66. The lowest BCUT2D eigenvalue weighted by molar-refractivity contribution is 1.11. The van der Waals surface area contributed by atoms with Crippen LogP contribution in [-0.4, -0.2) is 19.6 Å². The van der Waals surface area contributed by atoms with Gasteiger partial charge in [0.05, 0.1) is 11.0 Å². The summed E-state index contributed by atoms with van der Waals surface area (Å²) in [5, 5.41) is 12.2. The van der Waals surface area contributed by atoms with Crippen molar-refractivity contribution < 1.29 is 0 Å². The third kappa shape index (κ3) is 2.49. The van der Waals surface area contributed by atoms with Crippen LogP contribution in [0.3, 0.4) is 0 Å². The first-order valence-corrected chi connectivity index (χ1v) is 7.77. The number of aromatic nitrogens is 4. The number of anilines is 2. The number of halogens is 1. The molecule has 5 nitrogen and oxygen atoms in total. The van der Waals surface area contributed by atoms with Crippen LogP contribution in [-0.2, 0) is 6.42 Å². The molecule has 4 aromatic rings. The number of hydrogen-bond donors (Lipinski definition) is 1. The highest BCUT2D eigenvalue weighted by molar-refractivity contribution is 6.31. The third-order valence-corrected chi connectivity index (χ3v) is 4.05. The van der Waals surface area contributed by atoms with Crippen LogP contribution in [0, 0.1) is 0 Å². The molecule has 6 heteroatoms. The highest BCUT2D eigenvalue weighted by atomic mass is 35.5. The van der Waals surface area contributed by atoms with Gasteiger partial charge in [0.1, 0.15) is 6.33 Å². The van der Waals surface area contributed by atoms with Crippen molar-refractivity contribution in [1.29, 1.82) is 0 Å². The zero-order chi connectivity index (χ0) is 15.8. The average molecular weight is 324 g/mol. The van der Waals surface area contributed by atoms with Gasteiger partial charge in [0.2, 0.25) is 5.65 Å². The summed E-state index contributed by atoms with van der Waals surface area (Å²) >= 11 is 6.09. The number of nitrogens with one attached hydrogen (secondary N) is 1. The Hall–Kier alpha value is -2.66. The molecule has 0 saturated heterocycles. The number of aryl methyl sites for hydroxylation is 1. The number of rotatable bonds is 3. The third-order valence-electron chi connectivity index (χ3n) is 3.81. The standard InChI is InChI=1S/C17H14ClN5/c1-2-11-3-6-13(7-4-11)20-16-17-22-19-10-23(17)15-9-12(18)5-8-14(15)21-16/h3-10H,2H2,1H3,(H,20,21). The maximum atomic E-state index is 6.09. The van der Waals surface area contributed by atoms with Gasteiger partial charge in [0.25, 0.3) is 0 Å². The van der Waals surface area contributed by atoms with Crippen molar-refractivity contribution in [2.24, 2.45) is 0 Å². The molecule has 0 fully saturated rings. The Bertz CT molecular complexity index is 991. The predicted octanol–water partition coefficient (Wildman–Crippen LogP) is 4.24. The number of fused-ring (bicyclic) bond motifs is 3. The van der Waals surface area contributed by atoms with E-state index in [-0.39, 0.29) is 0 Å². The highest BCUT2D eigenvalue weighted by Crippen LogP contribution is 2.25. The molecule has 0 aliphatic heterocycles. The molecule has 2 heterocycles. The van der Waals surface area contributed by atoms with Gasteiger partial charge in [-0.15, -0.1) is 10.2 Å². The molecule has 23 heavy (non-hydrogen) atoms. The van der Waals surface area contributed by atoms with Crippen molar-refractivity contribution in [3.05, 3.63) is 59.4 Å². The summed E-state index contributed by atoms with van der Waals surface area (Å²) in [6.07, 6.45) is 2.69. The number of hydrogen-bond acceptors (Lipinski definition) is 4. The molecular formula is C17H14ClN5. The van der Waals surface area contributed by atoms with Gasteiger partial charge in [-0.05, 0) is 42.3 Å². The zero-order valence-electron chi connectivity index (χ0n) is 12.5. The molecule has 0 aliphatic carbocycles. The van der Waals surface area contributed by atoms with Gasteiger partial charge >= 0.3 is 0 Å². The van der Waals surface area contributed by atoms with Gasteiger partial charge in [-0.25, -0.2) is 4.98 Å². The van der Waals surface area contributed by atoms with Gasteiger partial charge in [0, 0.05) is 10.7 Å². The van der Waals surface area contributed by atoms with Crippen molar-refractivity contribution in [3.63, 3.8) is 0 Å². The minimum Gasteiger partial charge on any atom is -0.337 e. The Balaban J connectivity index is 1.84. The Morgan fingerprint density at radius 3 is 2.74 bits per heavy atom. The minimum absolute atomic E-state index is 0.658. The Kier molecular flexibility index (Phi) is 3.35. The highest BCUT2D eigenvalue weighted by Gasteiger charge is 2.11. The van der Waals surface area contributed by atoms with E-state index in [1.54, 1.807) is 6.33 Å². The van der Waals surface area contributed by atoms with Crippen molar-refractivity contribution in [1.82, 2.24) is 19.6 Å². The SMILES string of the molecule is CCc1ccc(Nc2nc3ccc(Cl)cc3n3cnnc23)cc1. The lowest BCUT2D eigenvalue weighted by Crippen LogP contribution is -2.00. The van der Waals surface area contributed by atoms with Crippen molar-refractivity contribution in [2.45, 2.75) is 13.3 Å². The van der Waals surface area contributed by atoms with Gasteiger partial charge < -0.3 is 5.32 Å². The summed E-state index contributed by atoms with van der Waals surface area (Å²) in [6.45, 7) is 2.14. The monoisotopic (exact) mass is 323 g/mol. The quantitative estimate of drug-likeness (QED) is 0.613. The molecular weight excluding hydrogens is 310 g/mol. The molecule has 2 aromatic carbocycles. The largest absolute Gasteiger partial charge is 0.337 e. The molecule has 0 spiro atoms. The number of benzene rings is 2. The Morgan fingerprint density at radius 1 is 1.13 bits per heavy atom. The van der Waals surface area contributed by atoms with Gasteiger partial charge in [-0.1, -0.05) is 30.7 Å². The van der Waals surface area contributed by atoms with Crippen LogP contribution in [0.2, 0.25) is 5.02 Å². The summed E-state index contributed by atoms with van der Waals surface area (Å²) in [5.74, 6) is 0.668. The van der Waals surface area contributed by atoms with E-state index in [2.05, 4.69) is 39.6 Å². The van der Waals surface area contributed by atoms with Crippen LogP contribution in [0.4, 0.5) is 11.5 Å². The van der Waals surface area contributed by atoms with Gasteiger partial charge in [-0.3, -0.25) is 4.40 Å². The van der Waals surface area contributed by atoms with E-state index in [4.69, 9.17) is 11.6 Å². The van der Waals surface area contributed by atoms with E-state index in [1.165, 1.54) is 5.56 Å². The summed E-state index contributed by atoms with van der Waals surface area (Å²) in [7, 11) is 0. The smallest absolute Gasteiger partial charge is 0.204 e. The second-order valence-electron chi connectivity index (χ2n) is 5.29. The summed E-state index contributed by atoms with van der Waals surface area (Å²) < 4.78 is 1.89. The summed E-state index contributed by atoms with van der Waals surface area (Å²) in [5.41, 5.74) is 4.63. The van der Waals surface area contributed by atoms with E-state index >= 15 is 0 Å². The van der Waals surface area contributed by atoms with E-state index in [1.807, 2.05) is 34.7 Å². The molecule has 0 saturated carbocycles. The molecule has 0 aliphatic rings. The minimum atomic E-state index is 0.658. The Labute approximate surface area is 137 Å². The first-order chi connectivity index (χ1) is 11.2. The normalized spacial score (nSPS) is 11.2. The molecule has 0 radical (unpaired) electrons. The molecule has 1 N–H and O–H groups in total. The first-order valence-electron chi connectivity index (χ1n) is 7.39. The second kappa shape index (κ2) is 5.52. The maximum absolute atomic E-state index is 6.09. The molecule has 2 aromatic heterocycles. The average Bonchev–Trinajstić information content (AvgIpc) is 3.06. The fourth-order valence-electron chi connectivity index (χ4n) is 2.57. The van der Waals surface area contributed by atoms with E-state index in [9.17, 15) is 0 Å². The second-order valence-corrected chi connectivity index (χ2v) is 5.73.